The molecule has 0 fully saturated rings. The Labute approximate surface area is 125 Å². The fraction of sp³-hybridized carbons (Fsp3) is 0.462. The molecule has 0 saturated heterocycles. The molecule has 0 aromatic heterocycles. The van der Waals surface area contributed by atoms with Gasteiger partial charge in [-0.25, -0.2) is 0 Å². The Kier molecular flexibility index (Phi) is 6.15. The van der Waals surface area contributed by atoms with Crippen LogP contribution in [0.3, 0.4) is 0 Å². The second-order valence-electron chi connectivity index (χ2n) is 4.58. The number of carbonyl (C=O) groups excluding carboxylic acids is 1. The predicted molar refractivity (Wildman–Crippen MR) is 82.8 cm³/mol. The van der Waals surface area contributed by atoms with Crippen molar-refractivity contribution >= 4 is 43.5 Å². The van der Waals surface area contributed by atoms with Gasteiger partial charge in [0.2, 0.25) is 5.91 Å². The van der Waals surface area contributed by atoms with Gasteiger partial charge < -0.3 is 10.6 Å². The van der Waals surface area contributed by atoms with E-state index in [2.05, 4.69) is 56.3 Å². The summed E-state index contributed by atoms with van der Waals surface area (Å²) in [6, 6.07) is 5.99. The lowest BCUT2D eigenvalue weighted by Crippen LogP contribution is -2.39. The van der Waals surface area contributed by atoms with Gasteiger partial charge in [0, 0.05) is 20.7 Å². The van der Waals surface area contributed by atoms with Crippen LogP contribution in [0.1, 0.15) is 20.8 Å². The molecule has 1 rings (SSSR count). The van der Waals surface area contributed by atoms with E-state index >= 15 is 0 Å². The van der Waals surface area contributed by atoms with Crippen LogP contribution in [0.15, 0.2) is 27.1 Å². The second kappa shape index (κ2) is 7.14. The summed E-state index contributed by atoms with van der Waals surface area (Å²) < 4.78 is 1.93. The van der Waals surface area contributed by atoms with Gasteiger partial charge in [-0.3, -0.25) is 4.79 Å². The van der Waals surface area contributed by atoms with Gasteiger partial charge >= 0.3 is 0 Å². The third kappa shape index (κ3) is 4.98. The smallest absolute Gasteiger partial charge is 0.239 e. The van der Waals surface area contributed by atoms with Crippen LogP contribution in [0.5, 0.6) is 0 Å². The van der Waals surface area contributed by atoms with E-state index in [0.717, 1.165) is 14.6 Å². The maximum Gasteiger partial charge on any atom is 0.239 e. The molecule has 0 bridgehead atoms. The van der Waals surface area contributed by atoms with E-state index in [1.54, 1.807) is 0 Å². The van der Waals surface area contributed by atoms with Gasteiger partial charge in [0.1, 0.15) is 0 Å². The molecular formula is C13H18Br2N2O. The molecule has 0 aliphatic heterocycles. The summed E-state index contributed by atoms with van der Waals surface area (Å²) >= 11 is 6.83. The Morgan fingerprint density at radius 2 is 1.94 bits per heavy atom. The molecule has 0 saturated carbocycles. The average Bonchev–Trinajstić information content (AvgIpc) is 2.27. The molecule has 100 valence electrons. The normalized spacial score (nSPS) is 12.3. The Hall–Kier alpha value is -0.550. The number of benzene rings is 1. The minimum atomic E-state index is 0.00557. The van der Waals surface area contributed by atoms with Crippen LogP contribution in [-0.2, 0) is 4.79 Å². The standard InChI is InChI=1S/C13H18Br2N2O/c1-8(2)9(3)17-13(18)7-16-12-5-4-10(14)6-11(12)15/h4-6,8-9,16H,7H2,1-3H3,(H,17,18). The molecule has 1 aromatic rings. The number of carbonyl (C=O) groups is 1. The van der Waals surface area contributed by atoms with Crippen LogP contribution in [-0.4, -0.2) is 18.5 Å². The van der Waals surface area contributed by atoms with Crippen molar-refractivity contribution in [2.75, 3.05) is 11.9 Å². The molecule has 1 amide bonds. The van der Waals surface area contributed by atoms with Crippen molar-refractivity contribution in [1.29, 1.82) is 0 Å². The van der Waals surface area contributed by atoms with Gasteiger partial charge in [0.05, 0.1) is 6.54 Å². The van der Waals surface area contributed by atoms with Gasteiger partial charge in [-0.15, -0.1) is 0 Å². The quantitative estimate of drug-likeness (QED) is 0.819. The van der Waals surface area contributed by atoms with Crippen LogP contribution in [0.4, 0.5) is 5.69 Å². The average molecular weight is 378 g/mol. The summed E-state index contributed by atoms with van der Waals surface area (Å²) in [5.41, 5.74) is 0.908. The van der Waals surface area contributed by atoms with Crippen molar-refractivity contribution in [2.24, 2.45) is 5.92 Å². The van der Waals surface area contributed by atoms with Gasteiger partial charge in [-0.05, 0) is 47.0 Å². The molecule has 0 spiro atoms. The van der Waals surface area contributed by atoms with Gasteiger partial charge in [-0.1, -0.05) is 29.8 Å². The maximum atomic E-state index is 11.7. The Bertz CT molecular complexity index is 421. The van der Waals surface area contributed by atoms with Crippen molar-refractivity contribution in [1.82, 2.24) is 5.32 Å². The topological polar surface area (TPSA) is 41.1 Å². The van der Waals surface area contributed by atoms with E-state index in [-0.39, 0.29) is 18.5 Å². The van der Waals surface area contributed by atoms with Gasteiger partial charge in [0.15, 0.2) is 0 Å². The van der Waals surface area contributed by atoms with Crippen molar-refractivity contribution < 1.29 is 4.79 Å². The van der Waals surface area contributed by atoms with Crippen LogP contribution >= 0.6 is 31.9 Å². The molecule has 2 N–H and O–H groups in total. The second-order valence-corrected chi connectivity index (χ2v) is 6.35. The molecular weight excluding hydrogens is 360 g/mol. The molecule has 1 aromatic carbocycles. The van der Waals surface area contributed by atoms with Crippen molar-refractivity contribution in [2.45, 2.75) is 26.8 Å². The molecule has 0 aliphatic carbocycles. The third-order valence-corrected chi connectivity index (χ3v) is 3.91. The predicted octanol–water partition coefficient (Wildman–Crippen LogP) is 3.78. The first-order valence-electron chi connectivity index (χ1n) is 5.88. The highest BCUT2D eigenvalue weighted by molar-refractivity contribution is 9.11. The Morgan fingerprint density at radius 1 is 1.28 bits per heavy atom. The number of hydrogen-bond acceptors (Lipinski definition) is 2. The molecule has 3 nitrogen and oxygen atoms in total. The van der Waals surface area contributed by atoms with E-state index < -0.39 is 0 Å². The summed E-state index contributed by atoms with van der Waals surface area (Å²) in [5, 5.41) is 6.06. The fourth-order valence-electron chi connectivity index (χ4n) is 1.28. The summed E-state index contributed by atoms with van der Waals surface area (Å²) in [6.45, 7) is 6.46. The van der Waals surface area contributed by atoms with Crippen LogP contribution in [0.2, 0.25) is 0 Å². The van der Waals surface area contributed by atoms with Crippen molar-refractivity contribution in [3.63, 3.8) is 0 Å². The first-order valence-corrected chi connectivity index (χ1v) is 7.47. The summed E-state index contributed by atoms with van der Waals surface area (Å²) in [4.78, 5) is 11.7. The fourth-order valence-corrected chi connectivity index (χ4v) is 2.47. The Balaban J connectivity index is 2.47. The van der Waals surface area contributed by atoms with E-state index in [4.69, 9.17) is 0 Å². The first-order chi connectivity index (χ1) is 8.40. The molecule has 1 atom stereocenters. The van der Waals surface area contributed by atoms with Crippen LogP contribution < -0.4 is 10.6 Å². The maximum absolute atomic E-state index is 11.7. The first kappa shape index (κ1) is 15.5. The van der Waals surface area contributed by atoms with E-state index in [9.17, 15) is 4.79 Å². The molecule has 18 heavy (non-hydrogen) atoms. The van der Waals surface area contributed by atoms with E-state index in [1.807, 2.05) is 25.1 Å². The highest BCUT2D eigenvalue weighted by Gasteiger charge is 2.10. The third-order valence-electron chi connectivity index (χ3n) is 2.76. The minimum absolute atomic E-state index is 0.00557. The summed E-state index contributed by atoms with van der Waals surface area (Å²) in [5.74, 6) is 0.444. The molecule has 0 aliphatic rings. The van der Waals surface area contributed by atoms with Crippen molar-refractivity contribution in [3.8, 4) is 0 Å². The zero-order chi connectivity index (χ0) is 13.7. The number of anilines is 1. The highest BCUT2D eigenvalue weighted by atomic mass is 79.9. The lowest BCUT2D eigenvalue weighted by atomic mass is 10.1. The lowest BCUT2D eigenvalue weighted by Gasteiger charge is -2.18. The lowest BCUT2D eigenvalue weighted by molar-refractivity contribution is -0.120. The number of rotatable bonds is 5. The summed E-state index contributed by atoms with van der Waals surface area (Å²) in [7, 11) is 0. The molecule has 5 heteroatoms. The zero-order valence-electron chi connectivity index (χ0n) is 10.8. The van der Waals surface area contributed by atoms with E-state index in [0.29, 0.717) is 5.92 Å². The Morgan fingerprint density at radius 3 is 2.50 bits per heavy atom. The SMILES string of the molecule is CC(C)C(C)NC(=O)CNc1ccc(Br)cc1Br. The molecule has 0 radical (unpaired) electrons. The van der Waals surface area contributed by atoms with Crippen molar-refractivity contribution in [3.05, 3.63) is 27.1 Å². The van der Waals surface area contributed by atoms with Gasteiger partial charge in [-0.2, -0.15) is 0 Å². The highest BCUT2D eigenvalue weighted by Crippen LogP contribution is 2.25. The van der Waals surface area contributed by atoms with Gasteiger partial charge in [0.25, 0.3) is 0 Å². The minimum Gasteiger partial charge on any atom is -0.375 e. The number of hydrogen-bond donors (Lipinski definition) is 2. The summed E-state index contributed by atoms with van der Waals surface area (Å²) in [6.07, 6.45) is 0. The molecule has 1 unspecified atom stereocenters. The zero-order valence-corrected chi connectivity index (χ0v) is 13.9. The van der Waals surface area contributed by atoms with Crippen LogP contribution in [0.25, 0.3) is 0 Å². The number of amides is 1. The number of halogens is 2. The molecule has 0 heterocycles. The van der Waals surface area contributed by atoms with E-state index in [1.165, 1.54) is 0 Å². The number of nitrogens with one attached hydrogen (secondary N) is 2. The van der Waals surface area contributed by atoms with Crippen LogP contribution in [0, 0.1) is 5.92 Å². The largest absolute Gasteiger partial charge is 0.375 e. The monoisotopic (exact) mass is 376 g/mol.